The molecule has 0 bridgehead atoms. The predicted octanol–water partition coefficient (Wildman–Crippen LogP) is 1.43. The summed E-state index contributed by atoms with van der Waals surface area (Å²) in [5.41, 5.74) is 6.39. The van der Waals surface area contributed by atoms with E-state index in [1.54, 1.807) is 18.2 Å². The number of carbonyl (C=O) groups excluding carboxylic acids is 1. The number of hydrogen-bond acceptors (Lipinski definition) is 4. The third kappa shape index (κ3) is 2.47. The van der Waals surface area contributed by atoms with Crippen molar-refractivity contribution in [2.24, 2.45) is 5.73 Å². The second-order valence-electron chi connectivity index (χ2n) is 2.89. The third-order valence-electron chi connectivity index (χ3n) is 1.72. The van der Waals surface area contributed by atoms with Crippen molar-refractivity contribution < 1.29 is 13.9 Å². The number of esters is 1. The number of methoxy groups -OCH3 is 1. The van der Waals surface area contributed by atoms with Crippen molar-refractivity contribution in [1.82, 2.24) is 0 Å². The number of rotatable bonds is 3. The molecule has 4 nitrogen and oxygen atoms in total. The smallest absolute Gasteiger partial charge is 0.373 e. The fraction of sp³-hybridized carbons (Fsp3) is 0.300. The lowest BCUT2D eigenvalue weighted by atomic mass is 10.2. The van der Waals surface area contributed by atoms with Gasteiger partial charge in [0.05, 0.1) is 7.11 Å². The lowest BCUT2D eigenvalue weighted by Gasteiger charge is -1.94. The first-order chi connectivity index (χ1) is 6.67. The highest BCUT2D eigenvalue weighted by Crippen LogP contribution is 2.12. The van der Waals surface area contributed by atoms with Gasteiger partial charge in [-0.15, -0.1) is 0 Å². The van der Waals surface area contributed by atoms with Crippen LogP contribution in [-0.2, 0) is 4.74 Å². The summed E-state index contributed by atoms with van der Waals surface area (Å²) >= 11 is 0. The molecule has 1 aromatic rings. The Hall–Kier alpha value is -1.55. The summed E-state index contributed by atoms with van der Waals surface area (Å²) < 4.78 is 9.71. The van der Waals surface area contributed by atoms with Crippen molar-refractivity contribution in [3.05, 3.63) is 29.2 Å². The molecule has 0 aliphatic carbocycles. The molecule has 0 aromatic carbocycles. The molecule has 14 heavy (non-hydrogen) atoms. The lowest BCUT2D eigenvalue weighted by Crippen LogP contribution is -1.99. The van der Waals surface area contributed by atoms with Gasteiger partial charge in [0.15, 0.2) is 0 Å². The minimum Gasteiger partial charge on any atom is -0.463 e. The summed E-state index contributed by atoms with van der Waals surface area (Å²) in [7, 11) is 1.31. The summed E-state index contributed by atoms with van der Waals surface area (Å²) in [5.74, 6) is 0.326. The van der Waals surface area contributed by atoms with E-state index in [0.29, 0.717) is 12.3 Å². The van der Waals surface area contributed by atoms with Gasteiger partial charge in [-0.25, -0.2) is 4.79 Å². The Labute approximate surface area is 82.3 Å². The molecule has 0 spiro atoms. The molecular weight excluding hydrogens is 182 g/mol. The summed E-state index contributed by atoms with van der Waals surface area (Å²) in [6.07, 6.45) is 1.78. The topological polar surface area (TPSA) is 65.5 Å². The molecule has 1 aromatic heterocycles. The van der Waals surface area contributed by atoms with Crippen LogP contribution in [0.2, 0.25) is 0 Å². The standard InChI is InChI=1S/C10H13NO3/c1-7(6-11)5-8-3-4-9(14-8)10(12)13-2/h3-5H,6,11H2,1-2H3. The van der Waals surface area contributed by atoms with Crippen LogP contribution in [0.1, 0.15) is 23.2 Å². The predicted molar refractivity (Wildman–Crippen MR) is 52.8 cm³/mol. The van der Waals surface area contributed by atoms with Crippen molar-refractivity contribution in [2.45, 2.75) is 6.92 Å². The average Bonchev–Trinajstić information content (AvgIpc) is 2.65. The van der Waals surface area contributed by atoms with Crippen molar-refractivity contribution in [1.29, 1.82) is 0 Å². The summed E-state index contributed by atoms with van der Waals surface area (Å²) in [6.45, 7) is 2.36. The van der Waals surface area contributed by atoms with E-state index in [9.17, 15) is 4.79 Å². The van der Waals surface area contributed by atoms with Gasteiger partial charge in [0.1, 0.15) is 5.76 Å². The van der Waals surface area contributed by atoms with Gasteiger partial charge in [-0.3, -0.25) is 0 Å². The number of hydrogen-bond donors (Lipinski definition) is 1. The lowest BCUT2D eigenvalue weighted by molar-refractivity contribution is 0.0564. The monoisotopic (exact) mass is 195 g/mol. The largest absolute Gasteiger partial charge is 0.463 e. The first kappa shape index (κ1) is 10.5. The first-order valence-corrected chi connectivity index (χ1v) is 4.22. The molecule has 0 amide bonds. The summed E-state index contributed by atoms with van der Waals surface area (Å²) in [4.78, 5) is 11.0. The van der Waals surface area contributed by atoms with Crippen LogP contribution in [0.15, 0.2) is 22.1 Å². The first-order valence-electron chi connectivity index (χ1n) is 4.22. The Morgan fingerprint density at radius 2 is 2.36 bits per heavy atom. The van der Waals surface area contributed by atoms with E-state index in [4.69, 9.17) is 10.2 Å². The van der Waals surface area contributed by atoms with Crippen LogP contribution in [0.4, 0.5) is 0 Å². The minimum atomic E-state index is -0.477. The van der Waals surface area contributed by atoms with E-state index in [0.717, 1.165) is 5.57 Å². The molecule has 0 aliphatic heterocycles. The van der Waals surface area contributed by atoms with Crippen LogP contribution in [0, 0.1) is 0 Å². The highest BCUT2D eigenvalue weighted by atomic mass is 16.5. The van der Waals surface area contributed by atoms with Crippen LogP contribution in [0.25, 0.3) is 6.08 Å². The quantitative estimate of drug-likeness (QED) is 0.741. The van der Waals surface area contributed by atoms with Crippen molar-refractivity contribution in [3.63, 3.8) is 0 Å². The van der Waals surface area contributed by atoms with E-state index in [1.165, 1.54) is 7.11 Å². The van der Waals surface area contributed by atoms with Gasteiger partial charge in [0.25, 0.3) is 0 Å². The van der Waals surface area contributed by atoms with Gasteiger partial charge in [-0.05, 0) is 25.1 Å². The third-order valence-corrected chi connectivity index (χ3v) is 1.72. The second-order valence-corrected chi connectivity index (χ2v) is 2.89. The van der Waals surface area contributed by atoms with Gasteiger partial charge in [-0.2, -0.15) is 0 Å². The molecular formula is C10H13NO3. The molecule has 0 atom stereocenters. The molecule has 1 heterocycles. The zero-order valence-electron chi connectivity index (χ0n) is 8.24. The Morgan fingerprint density at radius 3 is 2.93 bits per heavy atom. The second kappa shape index (κ2) is 4.62. The van der Waals surface area contributed by atoms with Crippen LogP contribution in [-0.4, -0.2) is 19.6 Å². The van der Waals surface area contributed by atoms with E-state index in [1.807, 2.05) is 6.92 Å². The number of carbonyl (C=O) groups is 1. The Kier molecular flexibility index (Phi) is 3.48. The zero-order valence-corrected chi connectivity index (χ0v) is 8.24. The number of ether oxygens (including phenoxy) is 1. The summed E-state index contributed by atoms with van der Waals surface area (Å²) in [6, 6.07) is 3.27. The van der Waals surface area contributed by atoms with Crippen LogP contribution in [0.3, 0.4) is 0 Å². The van der Waals surface area contributed by atoms with E-state index in [2.05, 4.69) is 4.74 Å². The van der Waals surface area contributed by atoms with Crippen LogP contribution >= 0.6 is 0 Å². The molecule has 0 radical (unpaired) electrons. The molecule has 2 N–H and O–H groups in total. The fourth-order valence-electron chi connectivity index (χ4n) is 0.942. The van der Waals surface area contributed by atoms with Gasteiger partial charge in [0, 0.05) is 6.54 Å². The van der Waals surface area contributed by atoms with E-state index >= 15 is 0 Å². The Morgan fingerprint density at radius 1 is 1.64 bits per heavy atom. The molecule has 0 fully saturated rings. The Bertz CT molecular complexity index is 352. The molecule has 0 saturated heterocycles. The van der Waals surface area contributed by atoms with Gasteiger partial charge < -0.3 is 14.9 Å². The van der Waals surface area contributed by atoms with E-state index in [-0.39, 0.29) is 5.76 Å². The van der Waals surface area contributed by atoms with Crippen molar-refractivity contribution in [2.75, 3.05) is 13.7 Å². The van der Waals surface area contributed by atoms with Crippen molar-refractivity contribution in [3.8, 4) is 0 Å². The van der Waals surface area contributed by atoms with Crippen LogP contribution < -0.4 is 5.73 Å². The van der Waals surface area contributed by atoms with Gasteiger partial charge in [0.2, 0.25) is 5.76 Å². The molecule has 0 aliphatic rings. The molecule has 1 rings (SSSR count). The molecule has 76 valence electrons. The van der Waals surface area contributed by atoms with E-state index < -0.39 is 5.97 Å². The maximum atomic E-state index is 11.0. The maximum absolute atomic E-state index is 11.0. The van der Waals surface area contributed by atoms with Crippen molar-refractivity contribution >= 4 is 12.0 Å². The van der Waals surface area contributed by atoms with Crippen LogP contribution in [0.5, 0.6) is 0 Å². The zero-order chi connectivity index (χ0) is 10.6. The normalized spacial score (nSPS) is 11.5. The highest BCUT2D eigenvalue weighted by molar-refractivity contribution is 5.86. The maximum Gasteiger partial charge on any atom is 0.373 e. The highest BCUT2D eigenvalue weighted by Gasteiger charge is 2.09. The molecule has 4 heteroatoms. The molecule has 0 unspecified atom stereocenters. The molecule has 0 saturated carbocycles. The SMILES string of the molecule is COC(=O)c1ccc(C=C(C)CN)o1. The average molecular weight is 195 g/mol. The Balaban J connectivity index is 2.83. The van der Waals surface area contributed by atoms with Gasteiger partial charge in [-0.1, -0.05) is 5.57 Å². The fourth-order valence-corrected chi connectivity index (χ4v) is 0.942. The van der Waals surface area contributed by atoms with Gasteiger partial charge >= 0.3 is 5.97 Å². The summed E-state index contributed by atoms with van der Waals surface area (Å²) in [5, 5.41) is 0. The number of nitrogens with two attached hydrogens (primary N) is 1. The minimum absolute atomic E-state index is 0.198. The number of furan rings is 1.